The van der Waals surface area contributed by atoms with Crippen molar-refractivity contribution in [1.29, 1.82) is 0 Å². The van der Waals surface area contributed by atoms with E-state index < -0.39 is 23.5 Å². The molecule has 2 atom stereocenters. The van der Waals surface area contributed by atoms with Crippen LogP contribution in [0.5, 0.6) is 0 Å². The Morgan fingerprint density at radius 1 is 1.25 bits per heavy atom. The Kier molecular flexibility index (Phi) is 6.42. The van der Waals surface area contributed by atoms with Crippen LogP contribution in [0.15, 0.2) is 0 Å². The van der Waals surface area contributed by atoms with Gasteiger partial charge in [-0.2, -0.15) is 0 Å². The molecule has 1 aliphatic rings. The summed E-state index contributed by atoms with van der Waals surface area (Å²) in [7, 11) is 0. The highest BCUT2D eigenvalue weighted by Crippen LogP contribution is 2.34. The second-order valence-corrected chi connectivity index (χ2v) is 4.90. The van der Waals surface area contributed by atoms with Crippen molar-refractivity contribution in [1.82, 2.24) is 0 Å². The van der Waals surface area contributed by atoms with E-state index in [1.807, 2.05) is 6.92 Å². The minimum Gasteiger partial charge on any atom is -0.465 e. The van der Waals surface area contributed by atoms with Crippen LogP contribution in [0.3, 0.4) is 0 Å². The SMILES string of the molecule is CCOC(=O)C(C(=O)OCC)C1(O)CCOC(CC)C1. The lowest BCUT2D eigenvalue weighted by molar-refractivity contribution is -0.187. The van der Waals surface area contributed by atoms with Crippen molar-refractivity contribution in [3.8, 4) is 0 Å². The third-order valence-corrected chi connectivity index (χ3v) is 3.51. The smallest absolute Gasteiger partial charge is 0.323 e. The van der Waals surface area contributed by atoms with Gasteiger partial charge in [0.25, 0.3) is 0 Å². The molecule has 0 aromatic rings. The van der Waals surface area contributed by atoms with Gasteiger partial charge < -0.3 is 19.3 Å². The van der Waals surface area contributed by atoms with Gasteiger partial charge in [0, 0.05) is 19.4 Å². The molecular weight excluding hydrogens is 264 g/mol. The maximum absolute atomic E-state index is 12.0. The van der Waals surface area contributed by atoms with Crippen molar-refractivity contribution in [3.05, 3.63) is 0 Å². The molecule has 1 aliphatic heterocycles. The normalized spacial score (nSPS) is 26.4. The summed E-state index contributed by atoms with van der Waals surface area (Å²) in [5.41, 5.74) is -1.46. The van der Waals surface area contributed by atoms with Crippen LogP contribution in [0.2, 0.25) is 0 Å². The molecule has 0 aromatic carbocycles. The summed E-state index contributed by atoms with van der Waals surface area (Å²) in [5.74, 6) is -2.77. The first-order valence-electron chi connectivity index (χ1n) is 7.15. The molecule has 1 N–H and O–H groups in total. The molecule has 0 bridgehead atoms. The zero-order valence-corrected chi connectivity index (χ0v) is 12.4. The second-order valence-electron chi connectivity index (χ2n) is 4.90. The third kappa shape index (κ3) is 3.93. The minimum atomic E-state index is -1.46. The summed E-state index contributed by atoms with van der Waals surface area (Å²) >= 11 is 0. The van der Waals surface area contributed by atoms with Crippen LogP contribution in [-0.2, 0) is 23.8 Å². The van der Waals surface area contributed by atoms with Crippen LogP contribution in [0.1, 0.15) is 40.0 Å². The third-order valence-electron chi connectivity index (χ3n) is 3.51. The average molecular weight is 288 g/mol. The van der Waals surface area contributed by atoms with Crippen molar-refractivity contribution in [2.75, 3.05) is 19.8 Å². The lowest BCUT2D eigenvalue weighted by Gasteiger charge is -2.39. The van der Waals surface area contributed by atoms with Gasteiger partial charge in [-0.3, -0.25) is 9.59 Å². The van der Waals surface area contributed by atoms with E-state index >= 15 is 0 Å². The number of hydrogen-bond donors (Lipinski definition) is 1. The van der Waals surface area contributed by atoms with Crippen molar-refractivity contribution < 1.29 is 28.9 Å². The van der Waals surface area contributed by atoms with Crippen molar-refractivity contribution in [3.63, 3.8) is 0 Å². The van der Waals surface area contributed by atoms with Gasteiger partial charge in [-0.1, -0.05) is 6.92 Å². The van der Waals surface area contributed by atoms with Gasteiger partial charge in [-0.15, -0.1) is 0 Å². The maximum Gasteiger partial charge on any atom is 0.323 e. The predicted molar refractivity (Wildman–Crippen MR) is 71.0 cm³/mol. The zero-order valence-electron chi connectivity index (χ0n) is 12.4. The Labute approximate surface area is 119 Å². The van der Waals surface area contributed by atoms with E-state index in [0.29, 0.717) is 13.0 Å². The molecular formula is C14H24O6. The summed E-state index contributed by atoms with van der Waals surface area (Å²) in [6.07, 6.45) is 0.984. The minimum absolute atomic E-state index is 0.151. The quantitative estimate of drug-likeness (QED) is 0.581. The van der Waals surface area contributed by atoms with Crippen LogP contribution in [0.25, 0.3) is 0 Å². The lowest BCUT2D eigenvalue weighted by atomic mass is 9.78. The van der Waals surface area contributed by atoms with Gasteiger partial charge in [0.05, 0.1) is 24.9 Å². The fourth-order valence-electron chi connectivity index (χ4n) is 2.47. The molecule has 20 heavy (non-hydrogen) atoms. The topological polar surface area (TPSA) is 82.1 Å². The number of ether oxygens (including phenoxy) is 3. The second kappa shape index (κ2) is 7.59. The average Bonchev–Trinajstić information content (AvgIpc) is 2.39. The summed E-state index contributed by atoms with van der Waals surface area (Å²) in [6, 6.07) is 0. The van der Waals surface area contributed by atoms with E-state index in [-0.39, 0.29) is 32.2 Å². The molecule has 0 saturated carbocycles. The van der Waals surface area contributed by atoms with Gasteiger partial charge in [0.1, 0.15) is 0 Å². The number of carbonyl (C=O) groups excluding carboxylic acids is 2. The highest BCUT2D eigenvalue weighted by Gasteiger charge is 2.50. The number of aliphatic hydroxyl groups is 1. The Morgan fingerprint density at radius 2 is 1.80 bits per heavy atom. The monoisotopic (exact) mass is 288 g/mol. The molecule has 2 unspecified atom stereocenters. The molecule has 6 nitrogen and oxygen atoms in total. The van der Waals surface area contributed by atoms with Crippen LogP contribution >= 0.6 is 0 Å². The summed E-state index contributed by atoms with van der Waals surface area (Å²) in [4.78, 5) is 24.1. The lowest BCUT2D eigenvalue weighted by Crippen LogP contribution is -2.53. The summed E-state index contributed by atoms with van der Waals surface area (Å²) < 4.78 is 15.3. The van der Waals surface area contributed by atoms with Crippen LogP contribution in [0.4, 0.5) is 0 Å². The molecule has 0 spiro atoms. The van der Waals surface area contributed by atoms with Gasteiger partial charge in [-0.05, 0) is 20.3 Å². The largest absolute Gasteiger partial charge is 0.465 e. The first-order chi connectivity index (χ1) is 9.48. The Bertz CT molecular complexity index is 325. The van der Waals surface area contributed by atoms with Gasteiger partial charge in [-0.25, -0.2) is 0 Å². The van der Waals surface area contributed by atoms with E-state index in [0.717, 1.165) is 0 Å². The first kappa shape index (κ1) is 16.9. The highest BCUT2D eigenvalue weighted by molar-refractivity contribution is 5.96. The molecule has 6 heteroatoms. The highest BCUT2D eigenvalue weighted by atomic mass is 16.6. The van der Waals surface area contributed by atoms with Crippen LogP contribution < -0.4 is 0 Å². The molecule has 0 radical (unpaired) electrons. The molecule has 0 amide bonds. The molecule has 1 rings (SSSR count). The number of hydrogen-bond acceptors (Lipinski definition) is 6. The molecule has 0 aliphatic carbocycles. The molecule has 1 saturated heterocycles. The van der Waals surface area contributed by atoms with Crippen molar-refractivity contribution in [2.45, 2.75) is 51.7 Å². The standard InChI is InChI=1S/C14H24O6/c1-4-10-9-14(17,7-8-20-10)11(12(15)18-5-2)13(16)19-6-3/h10-11,17H,4-9H2,1-3H3. The molecule has 116 valence electrons. The van der Waals surface area contributed by atoms with E-state index in [1.165, 1.54) is 0 Å². The Morgan fingerprint density at radius 3 is 2.25 bits per heavy atom. The summed E-state index contributed by atoms with van der Waals surface area (Å²) in [6.45, 7) is 5.85. The number of carbonyl (C=O) groups is 2. The van der Waals surface area contributed by atoms with Crippen LogP contribution in [0, 0.1) is 5.92 Å². The predicted octanol–water partition coefficient (Wildman–Crippen LogP) is 1.05. The fraction of sp³-hybridized carbons (Fsp3) is 0.857. The van der Waals surface area contributed by atoms with Gasteiger partial charge >= 0.3 is 11.9 Å². The van der Waals surface area contributed by atoms with E-state index in [9.17, 15) is 14.7 Å². The summed E-state index contributed by atoms with van der Waals surface area (Å²) in [5, 5.41) is 10.7. The zero-order chi connectivity index (χ0) is 15.2. The van der Waals surface area contributed by atoms with Crippen molar-refractivity contribution >= 4 is 11.9 Å². The molecule has 0 aromatic heterocycles. The Balaban J connectivity index is 2.95. The fourth-order valence-corrected chi connectivity index (χ4v) is 2.47. The van der Waals surface area contributed by atoms with Gasteiger partial charge in [0.2, 0.25) is 0 Å². The Hall–Kier alpha value is -1.14. The van der Waals surface area contributed by atoms with Crippen LogP contribution in [-0.4, -0.2) is 48.6 Å². The molecule has 1 heterocycles. The maximum atomic E-state index is 12.0. The van der Waals surface area contributed by atoms with E-state index in [1.54, 1.807) is 13.8 Å². The van der Waals surface area contributed by atoms with Gasteiger partial charge in [0.15, 0.2) is 5.92 Å². The first-order valence-corrected chi connectivity index (χ1v) is 7.15. The van der Waals surface area contributed by atoms with E-state index in [4.69, 9.17) is 14.2 Å². The number of esters is 2. The molecule has 1 fully saturated rings. The van der Waals surface area contributed by atoms with Crippen molar-refractivity contribution in [2.24, 2.45) is 5.92 Å². The van der Waals surface area contributed by atoms with E-state index in [2.05, 4.69) is 0 Å². The number of rotatable bonds is 6.